The molecule has 0 aliphatic carbocycles. The summed E-state index contributed by atoms with van der Waals surface area (Å²) < 4.78 is 1.63. The molecule has 1 unspecified atom stereocenters. The highest BCUT2D eigenvalue weighted by Gasteiger charge is 2.26. The lowest BCUT2D eigenvalue weighted by molar-refractivity contribution is 0.165. The normalized spacial score (nSPS) is 12.4. The van der Waals surface area contributed by atoms with E-state index in [4.69, 9.17) is 16.6 Å². The van der Waals surface area contributed by atoms with Crippen molar-refractivity contribution in [1.29, 1.82) is 0 Å². The minimum Gasteiger partial charge on any atom is -0.338 e. The fourth-order valence-corrected chi connectivity index (χ4v) is 3.43. The molecule has 1 atom stereocenters. The highest BCUT2D eigenvalue weighted by atomic mass is 35.5. The van der Waals surface area contributed by atoms with Gasteiger partial charge >= 0.3 is 6.03 Å². The maximum atomic E-state index is 13.0. The van der Waals surface area contributed by atoms with Gasteiger partial charge in [0.2, 0.25) is 0 Å². The Hall–Kier alpha value is -2.08. The summed E-state index contributed by atoms with van der Waals surface area (Å²) in [6.07, 6.45) is 1.95. The van der Waals surface area contributed by atoms with Gasteiger partial charge < -0.3 is 10.2 Å². The Morgan fingerprint density at radius 2 is 2.00 bits per heavy atom. The fourth-order valence-electron chi connectivity index (χ4n) is 3.26. The van der Waals surface area contributed by atoms with E-state index >= 15 is 0 Å². The van der Waals surface area contributed by atoms with Gasteiger partial charge in [0.05, 0.1) is 16.9 Å². The van der Waals surface area contributed by atoms with E-state index in [2.05, 4.69) is 26.1 Å². The zero-order chi connectivity index (χ0) is 20.8. The molecule has 1 aromatic heterocycles. The van der Waals surface area contributed by atoms with E-state index < -0.39 is 0 Å². The Morgan fingerprint density at radius 1 is 1.29 bits per heavy atom. The third kappa shape index (κ3) is 5.04. The molecule has 28 heavy (non-hydrogen) atoms. The standard InChI is InChI=1S/C21H31ClN4O2/c1-6-8-11-23-21(28)26(13-14(3)4)15(5)19-24-18-10-9-16(22)12-17(18)20(27)25(19)7-2/h9-10,12,14-15H,6-8,11,13H2,1-5H3,(H,23,28). The number of carbonyl (C=O) groups excluding carboxylic acids is 1. The summed E-state index contributed by atoms with van der Waals surface area (Å²) in [4.78, 5) is 32.4. The lowest BCUT2D eigenvalue weighted by atomic mass is 10.1. The summed E-state index contributed by atoms with van der Waals surface area (Å²) >= 11 is 6.06. The monoisotopic (exact) mass is 406 g/mol. The Morgan fingerprint density at radius 3 is 2.61 bits per heavy atom. The number of carbonyl (C=O) groups is 1. The van der Waals surface area contributed by atoms with Gasteiger partial charge in [-0.1, -0.05) is 38.8 Å². The molecule has 1 aromatic carbocycles. The minimum atomic E-state index is -0.336. The number of hydrogen-bond acceptors (Lipinski definition) is 3. The summed E-state index contributed by atoms with van der Waals surface area (Å²) in [5.41, 5.74) is 0.463. The van der Waals surface area contributed by atoms with Gasteiger partial charge in [0.15, 0.2) is 0 Å². The van der Waals surface area contributed by atoms with Crippen LogP contribution in [0, 0.1) is 5.92 Å². The molecule has 7 heteroatoms. The molecule has 0 saturated carbocycles. The number of nitrogens with one attached hydrogen (secondary N) is 1. The number of rotatable bonds is 8. The molecule has 2 amide bonds. The van der Waals surface area contributed by atoms with Crippen LogP contribution in [-0.2, 0) is 6.54 Å². The van der Waals surface area contributed by atoms with Gasteiger partial charge in [0.1, 0.15) is 5.82 Å². The number of halogens is 1. The number of urea groups is 1. The highest BCUT2D eigenvalue weighted by molar-refractivity contribution is 6.31. The van der Waals surface area contributed by atoms with Crippen molar-refractivity contribution in [3.63, 3.8) is 0 Å². The van der Waals surface area contributed by atoms with Crippen molar-refractivity contribution < 1.29 is 4.79 Å². The molecular formula is C21H31ClN4O2. The van der Waals surface area contributed by atoms with Crippen LogP contribution in [0.1, 0.15) is 59.3 Å². The lowest BCUT2D eigenvalue weighted by Gasteiger charge is -2.31. The average molecular weight is 407 g/mol. The third-order valence-corrected chi connectivity index (χ3v) is 4.97. The molecule has 0 aliphatic rings. The first-order chi connectivity index (χ1) is 13.3. The van der Waals surface area contributed by atoms with Crippen molar-refractivity contribution in [2.24, 2.45) is 5.92 Å². The smallest absolute Gasteiger partial charge is 0.318 e. The fraction of sp³-hybridized carbons (Fsp3) is 0.571. The SMILES string of the molecule is CCCCNC(=O)N(CC(C)C)C(C)c1nc2ccc(Cl)cc2c(=O)n1CC. The van der Waals surface area contributed by atoms with Crippen LogP contribution in [0.15, 0.2) is 23.0 Å². The first-order valence-corrected chi connectivity index (χ1v) is 10.4. The number of nitrogens with zero attached hydrogens (tertiary/aromatic N) is 3. The van der Waals surface area contributed by atoms with Crippen LogP contribution in [0.4, 0.5) is 4.79 Å². The van der Waals surface area contributed by atoms with E-state index in [0.717, 1.165) is 12.8 Å². The van der Waals surface area contributed by atoms with Crippen molar-refractivity contribution >= 4 is 28.5 Å². The number of aromatic nitrogens is 2. The predicted molar refractivity (Wildman–Crippen MR) is 115 cm³/mol. The molecule has 2 aromatic rings. The van der Waals surface area contributed by atoms with Gasteiger partial charge in [-0.15, -0.1) is 0 Å². The van der Waals surface area contributed by atoms with Crippen molar-refractivity contribution in [3.05, 3.63) is 39.4 Å². The molecule has 0 aliphatic heterocycles. The molecule has 0 saturated heterocycles. The summed E-state index contributed by atoms with van der Waals surface area (Å²) in [6.45, 7) is 11.8. The van der Waals surface area contributed by atoms with Crippen LogP contribution in [0.3, 0.4) is 0 Å². The van der Waals surface area contributed by atoms with Crippen LogP contribution in [0.5, 0.6) is 0 Å². The van der Waals surface area contributed by atoms with E-state index in [1.54, 1.807) is 27.7 Å². The van der Waals surface area contributed by atoms with Crippen molar-refractivity contribution in [3.8, 4) is 0 Å². The molecule has 0 bridgehead atoms. The Balaban J connectivity index is 2.49. The zero-order valence-corrected chi connectivity index (χ0v) is 18.2. The number of benzene rings is 1. The predicted octanol–water partition coefficient (Wildman–Crippen LogP) is 4.60. The molecule has 154 valence electrons. The highest BCUT2D eigenvalue weighted by Crippen LogP contribution is 2.22. The first-order valence-electron chi connectivity index (χ1n) is 10.0. The summed E-state index contributed by atoms with van der Waals surface area (Å²) in [7, 11) is 0. The quantitative estimate of drug-likeness (QED) is 0.651. The second kappa shape index (κ2) is 9.92. The van der Waals surface area contributed by atoms with Crippen molar-refractivity contribution in [2.75, 3.05) is 13.1 Å². The summed E-state index contributed by atoms with van der Waals surface area (Å²) in [5, 5.41) is 3.99. The van der Waals surface area contributed by atoms with Crippen LogP contribution < -0.4 is 10.9 Å². The summed E-state index contributed by atoms with van der Waals surface area (Å²) in [5.74, 6) is 0.883. The second-order valence-electron chi connectivity index (χ2n) is 7.49. The molecule has 2 rings (SSSR count). The maximum absolute atomic E-state index is 13.0. The number of unbranched alkanes of at least 4 members (excludes halogenated alkanes) is 1. The molecular weight excluding hydrogens is 376 g/mol. The van der Waals surface area contributed by atoms with Crippen LogP contribution >= 0.6 is 11.6 Å². The van der Waals surface area contributed by atoms with Crippen LogP contribution in [0.2, 0.25) is 5.02 Å². The third-order valence-electron chi connectivity index (χ3n) is 4.73. The largest absolute Gasteiger partial charge is 0.338 e. The number of hydrogen-bond donors (Lipinski definition) is 1. The zero-order valence-electron chi connectivity index (χ0n) is 17.5. The minimum absolute atomic E-state index is 0.122. The van der Waals surface area contributed by atoms with Crippen molar-refractivity contribution in [2.45, 2.75) is 60.0 Å². The van der Waals surface area contributed by atoms with Gasteiger partial charge in [0, 0.05) is 24.7 Å². The molecule has 1 N–H and O–H groups in total. The summed E-state index contributed by atoms with van der Waals surface area (Å²) in [6, 6.07) is 4.67. The van der Waals surface area contributed by atoms with Gasteiger partial charge in [0.25, 0.3) is 5.56 Å². The Bertz CT molecular complexity index is 879. The van der Waals surface area contributed by atoms with Gasteiger partial charge in [-0.25, -0.2) is 9.78 Å². The lowest BCUT2D eigenvalue weighted by Crippen LogP contribution is -2.45. The Labute approximate surface area is 171 Å². The number of amides is 2. The molecule has 6 nitrogen and oxygen atoms in total. The topological polar surface area (TPSA) is 67.2 Å². The number of fused-ring (bicyclic) bond motifs is 1. The maximum Gasteiger partial charge on any atom is 0.318 e. The van der Waals surface area contributed by atoms with Crippen molar-refractivity contribution in [1.82, 2.24) is 19.8 Å². The molecule has 0 radical (unpaired) electrons. The van der Waals surface area contributed by atoms with E-state index in [-0.39, 0.29) is 17.6 Å². The van der Waals surface area contributed by atoms with Gasteiger partial charge in [-0.2, -0.15) is 0 Å². The second-order valence-corrected chi connectivity index (χ2v) is 7.92. The first kappa shape index (κ1) is 22.2. The van der Waals surface area contributed by atoms with E-state index in [1.165, 1.54) is 0 Å². The molecule has 1 heterocycles. The van der Waals surface area contributed by atoms with E-state index in [9.17, 15) is 9.59 Å². The van der Waals surface area contributed by atoms with Crippen LogP contribution in [0.25, 0.3) is 10.9 Å². The Kier molecular flexibility index (Phi) is 7.87. The van der Waals surface area contributed by atoms with E-state index in [0.29, 0.717) is 47.3 Å². The van der Waals surface area contributed by atoms with Gasteiger partial charge in [-0.3, -0.25) is 9.36 Å². The average Bonchev–Trinajstić information content (AvgIpc) is 2.65. The van der Waals surface area contributed by atoms with Crippen LogP contribution in [-0.4, -0.2) is 33.6 Å². The molecule has 0 fully saturated rings. The molecule has 0 spiro atoms. The van der Waals surface area contributed by atoms with E-state index in [1.807, 2.05) is 13.8 Å². The van der Waals surface area contributed by atoms with Gasteiger partial charge in [-0.05, 0) is 44.4 Å².